The lowest BCUT2D eigenvalue weighted by molar-refractivity contribution is -0.119. The Balaban J connectivity index is 1.73. The van der Waals surface area contributed by atoms with Crippen molar-refractivity contribution in [1.29, 1.82) is 0 Å². The van der Waals surface area contributed by atoms with Crippen LogP contribution in [0.3, 0.4) is 0 Å². The molecule has 1 aromatic heterocycles. The number of aryl methyl sites for hydroxylation is 1. The normalized spacial score (nSPS) is 11.5. The molecule has 3 aromatic rings. The van der Waals surface area contributed by atoms with Crippen LogP contribution in [-0.4, -0.2) is 23.0 Å². The molecule has 0 radical (unpaired) electrons. The number of nitrogens with one attached hydrogen (secondary N) is 1. The molecule has 128 valence electrons. The summed E-state index contributed by atoms with van der Waals surface area (Å²) in [5, 5.41) is 4.19. The summed E-state index contributed by atoms with van der Waals surface area (Å²) in [5.74, 6) is -0.432. The maximum Gasteiger partial charge on any atom is 0.271 e. The smallest absolute Gasteiger partial charge is 0.271 e. The van der Waals surface area contributed by atoms with Crippen LogP contribution in [-0.2, 0) is 11.8 Å². The van der Waals surface area contributed by atoms with E-state index in [4.69, 9.17) is 10.5 Å². The Labute approximate surface area is 147 Å². The predicted molar refractivity (Wildman–Crippen MR) is 95.0 cm³/mol. The number of amides is 2. The Hall–Kier alpha value is -3.13. The van der Waals surface area contributed by atoms with E-state index in [-0.39, 0.29) is 12.5 Å². The first-order valence-electron chi connectivity index (χ1n) is 7.44. The number of nitrogens with zero attached hydrogens (tertiary/aromatic N) is 2. The van der Waals surface area contributed by atoms with Crippen molar-refractivity contribution < 1.29 is 14.3 Å². The van der Waals surface area contributed by atoms with E-state index < -0.39 is 5.91 Å². The standard InChI is InChI=1S/C17H16N4O3S/c1-21-13-4-2-3-5-14(13)25-17(21)20-19-16(23)11-6-8-12(9-7-11)24-10-15(18)22/h2-9H,10H2,1H3,(H2,18,22)(H,19,23)/b20-17-. The molecule has 0 unspecified atom stereocenters. The zero-order chi connectivity index (χ0) is 17.8. The lowest BCUT2D eigenvalue weighted by Gasteiger charge is -2.04. The first kappa shape index (κ1) is 16.7. The number of fused-ring (bicyclic) bond motifs is 1. The highest BCUT2D eigenvalue weighted by Gasteiger charge is 2.06. The second-order valence-electron chi connectivity index (χ2n) is 5.24. The highest BCUT2D eigenvalue weighted by Crippen LogP contribution is 2.15. The summed E-state index contributed by atoms with van der Waals surface area (Å²) in [7, 11) is 1.90. The van der Waals surface area contributed by atoms with Gasteiger partial charge in [0.05, 0.1) is 10.2 Å². The number of ether oxygens (including phenoxy) is 1. The number of hydrogen-bond donors (Lipinski definition) is 2. The van der Waals surface area contributed by atoms with E-state index in [0.717, 1.165) is 10.2 Å². The third kappa shape index (κ3) is 3.86. The molecular weight excluding hydrogens is 340 g/mol. The Bertz CT molecular complexity index is 989. The molecule has 0 bridgehead atoms. The van der Waals surface area contributed by atoms with Crippen molar-refractivity contribution >= 4 is 33.4 Å². The Morgan fingerprint density at radius 2 is 1.92 bits per heavy atom. The molecule has 0 aliphatic heterocycles. The van der Waals surface area contributed by atoms with E-state index >= 15 is 0 Å². The Kier molecular flexibility index (Phi) is 4.80. The zero-order valence-corrected chi connectivity index (χ0v) is 14.2. The average Bonchev–Trinajstić information content (AvgIpc) is 2.94. The summed E-state index contributed by atoms with van der Waals surface area (Å²) in [6.07, 6.45) is 0. The SMILES string of the molecule is Cn1/c(=N/NC(=O)c2ccc(OCC(N)=O)cc2)sc2ccccc21. The maximum atomic E-state index is 12.2. The lowest BCUT2D eigenvalue weighted by atomic mass is 10.2. The van der Waals surface area contributed by atoms with Gasteiger partial charge in [-0.3, -0.25) is 9.59 Å². The van der Waals surface area contributed by atoms with Crippen LogP contribution in [0, 0.1) is 0 Å². The van der Waals surface area contributed by atoms with Gasteiger partial charge in [0.2, 0.25) is 4.80 Å². The molecule has 2 aromatic carbocycles. The van der Waals surface area contributed by atoms with Gasteiger partial charge >= 0.3 is 0 Å². The Morgan fingerprint density at radius 3 is 2.60 bits per heavy atom. The van der Waals surface area contributed by atoms with Crippen LogP contribution in [0.25, 0.3) is 10.2 Å². The molecule has 25 heavy (non-hydrogen) atoms. The van der Waals surface area contributed by atoms with E-state index in [1.165, 1.54) is 11.3 Å². The highest BCUT2D eigenvalue weighted by atomic mass is 32.1. The van der Waals surface area contributed by atoms with E-state index in [1.807, 2.05) is 35.9 Å². The number of thiazole rings is 1. The van der Waals surface area contributed by atoms with Gasteiger partial charge < -0.3 is 15.0 Å². The van der Waals surface area contributed by atoms with Crippen molar-refractivity contribution in [3.8, 4) is 5.75 Å². The Morgan fingerprint density at radius 1 is 1.20 bits per heavy atom. The fourth-order valence-corrected chi connectivity index (χ4v) is 3.19. The third-order valence-corrected chi connectivity index (χ3v) is 4.58. The maximum absolute atomic E-state index is 12.2. The van der Waals surface area contributed by atoms with Crippen molar-refractivity contribution in [2.24, 2.45) is 17.9 Å². The van der Waals surface area contributed by atoms with Crippen LogP contribution in [0.2, 0.25) is 0 Å². The molecule has 0 spiro atoms. The van der Waals surface area contributed by atoms with Gasteiger partial charge in [0.25, 0.3) is 11.8 Å². The number of rotatable bonds is 5. The summed E-state index contributed by atoms with van der Waals surface area (Å²) in [6.45, 7) is -0.205. The van der Waals surface area contributed by atoms with E-state index in [0.29, 0.717) is 16.1 Å². The van der Waals surface area contributed by atoms with Gasteiger partial charge in [-0.25, -0.2) is 5.43 Å². The summed E-state index contributed by atoms with van der Waals surface area (Å²) in [6, 6.07) is 14.3. The molecule has 0 aliphatic carbocycles. The molecule has 0 fully saturated rings. The molecule has 3 rings (SSSR count). The number of para-hydroxylation sites is 1. The summed E-state index contributed by atoms with van der Waals surface area (Å²) < 4.78 is 8.16. The summed E-state index contributed by atoms with van der Waals surface area (Å²) >= 11 is 1.49. The first-order valence-corrected chi connectivity index (χ1v) is 8.26. The minimum absolute atomic E-state index is 0.205. The number of nitrogens with two attached hydrogens (primary N) is 1. The molecule has 2 amide bonds. The zero-order valence-electron chi connectivity index (χ0n) is 13.4. The van der Waals surface area contributed by atoms with Gasteiger partial charge in [-0.15, -0.1) is 5.10 Å². The van der Waals surface area contributed by atoms with Crippen molar-refractivity contribution in [1.82, 2.24) is 9.99 Å². The largest absolute Gasteiger partial charge is 0.484 e. The summed E-state index contributed by atoms with van der Waals surface area (Å²) in [5.41, 5.74) is 9.04. The average molecular weight is 356 g/mol. The van der Waals surface area contributed by atoms with Crippen molar-refractivity contribution in [3.05, 3.63) is 58.9 Å². The molecule has 0 atom stereocenters. The number of aromatic nitrogens is 1. The molecule has 7 nitrogen and oxygen atoms in total. The fourth-order valence-electron chi connectivity index (χ4n) is 2.21. The van der Waals surface area contributed by atoms with Crippen LogP contribution >= 0.6 is 11.3 Å². The van der Waals surface area contributed by atoms with Crippen LogP contribution in [0.4, 0.5) is 0 Å². The van der Waals surface area contributed by atoms with E-state index in [9.17, 15) is 9.59 Å². The van der Waals surface area contributed by atoms with Crippen molar-refractivity contribution in [3.63, 3.8) is 0 Å². The predicted octanol–water partition coefficient (Wildman–Crippen LogP) is 1.35. The highest BCUT2D eigenvalue weighted by molar-refractivity contribution is 7.16. The molecule has 0 aliphatic rings. The van der Waals surface area contributed by atoms with Gasteiger partial charge in [-0.1, -0.05) is 23.5 Å². The van der Waals surface area contributed by atoms with Gasteiger partial charge in [-0.05, 0) is 36.4 Å². The lowest BCUT2D eigenvalue weighted by Crippen LogP contribution is -2.23. The van der Waals surface area contributed by atoms with Crippen molar-refractivity contribution in [2.45, 2.75) is 0 Å². The second-order valence-corrected chi connectivity index (χ2v) is 6.25. The van der Waals surface area contributed by atoms with Crippen molar-refractivity contribution in [2.75, 3.05) is 6.61 Å². The number of carbonyl (C=O) groups is 2. The first-order chi connectivity index (χ1) is 12.0. The molecule has 0 saturated heterocycles. The molecule has 0 saturated carbocycles. The number of carbonyl (C=O) groups excluding carboxylic acids is 2. The second kappa shape index (κ2) is 7.18. The van der Waals surface area contributed by atoms with Crippen LogP contribution in [0.5, 0.6) is 5.75 Å². The van der Waals surface area contributed by atoms with Crippen LogP contribution < -0.4 is 20.7 Å². The third-order valence-electron chi connectivity index (χ3n) is 3.47. The monoisotopic (exact) mass is 356 g/mol. The van der Waals surface area contributed by atoms with Gasteiger partial charge in [-0.2, -0.15) is 0 Å². The molecule has 8 heteroatoms. The number of benzene rings is 2. The van der Waals surface area contributed by atoms with E-state index in [1.54, 1.807) is 24.3 Å². The quantitative estimate of drug-likeness (QED) is 0.675. The topological polar surface area (TPSA) is 98.7 Å². The van der Waals surface area contributed by atoms with Crippen LogP contribution in [0.1, 0.15) is 10.4 Å². The van der Waals surface area contributed by atoms with Gasteiger partial charge in [0.15, 0.2) is 6.61 Å². The minimum atomic E-state index is -0.558. The summed E-state index contributed by atoms with van der Waals surface area (Å²) in [4.78, 5) is 23.6. The molecular formula is C17H16N4O3S. The number of hydrogen-bond acceptors (Lipinski definition) is 5. The van der Waals surface area contributed by atoms with Gasteiger partial charge in [0.1, 0.15) is 5.75 Å². The number of primary amides is 1. The fraction of sp³-hybridized carbons (Fsp3) is 0.118. The van der Waals surface area contributed by atoms with Crippen LogP contribution in [0.15, 0.2) is 53.6 Å². The van der Waals surface area contributed by atoms with E-state index in [2.05, 4.69) is 10.5 Å². The molecule has 1 heterocycles. The van der Waals surface area contributed by atoms with Gasteiger partial charge in [0, 0.05) is 12.6 Å². The molecule has 3 N–H and O–H groups in total. The minimum Gasteiger partial charge on any atom is -0.484 e.